The van der Waals surface area contributed by atoms with Crippen LogP contribution in [0.15, 0.2) is 6.33 Å². The Kier molecular flexibility index (Phi) is 4.46. The van der Waals surface area contributed by atoms with Crippen molar-refractivity contribution in [2.75, 3.05) is 30.4 Å². The molecule has 5 nitrogen and oxygen atoms in total. The van der Waals surface area contributed by atoms with Gasteiger partial charge >= 0.3 is 0 Å². The predicted molar refractivity (Wildman–Crippen MR) is 85.1 cm³/mol. The molecule has 2 atom stereocenters. The standard InChI is InChI=1S/C16H26N4O/c1-3-17-15-14(21-2)16(19-11-18-15)20-10-6-8-12-7-4-5-9-13(12)20/h11-13H,3-10H2,1-2H3,(H,17,18,19)/t12-,13-/m1/s1. The Morgan fingerprint density at radius 1 is 1.24 bits per heavy atom. The molecule has 1 aliphatic carbocycles. The summed E-state index contributed by atoms with van der Waals surface area (Å²) in [4.78, 5) is 11.4. The summed E-state index contributed by atoms with van der Waals surface area (Å²) in [5.74, 6) is 3.41. The first-order chi connectivity index (χ1) is 10.3. The highest BCUT2D eigenvalue weighted by Gasteiger charge is 2.35. The van der Waals surface area contributed by atoms with Gasteiger partial charge in [0.25, 0.3) is 0 Å². The van der Waals surface area contributed by atoms with Gasteiger partial charge in [-0.3, -0.25) is 0 Å². The minimum absolute atomic E-state index is 0.630. The summed E-state index contributed by atoms with van der Waals surface area (Å²) in [6.45, 7) is 3.98. The third kappa shape index (κ3) is 2.78. The molecule has 1 aliphatic heterocycles. The van der Waals surface area contributed by atoms with Gasteiger partial charge in [0, 0.05) is 19.1 Å². The lowest BCUT2D eigenvalue weighted by Gasteiger charge is -2.45. The van der Waals surface area contributed by atoms with Crippen LogP contribution in [-0.2, 0) is 0 Å². The first-order valence-corrected chi connectivity index (χ1v) is 8.24. The summed E-state index contributed by atoms with van der Waals surface area (Å²) in [5.41, 5.74) is 0. The fourth-order valence-electron chi connectivity index (χ4n) is 3.94. The zero-order valence-electron chi connectivity index (χ0n) is 13.1. The maximum atomic E-state index is 5.63. The Balaban J connectivity index is 1.92. The van der Waals surface area contributed by atoms with E-state index in [1.807, 2.05) is 0 Å². The second-order valence-corrected chi connectivity index (χ2v) is 6.06. The molecule has 0 unspecified atom stereocenters. The fourth-order valence-corrected chi connectivity index (χ4v) is 3.94. The van der Waals surface area contributed by atoms with Gasteiger partial charge in [0.15, 0.2) is 11.6 Å². The Morgan fingerprint density at radius 2 is 2.05 bits per heavy atom. The molecule has 1 saturated carbocycles. The normalized spacial score (nSPS) is 25.3. The van der Waals surface area contributed by atoms with E-state index in [1.165, 1.54) is 38.5 Å². The maximum absolute atomic E-state index is 5.63. The van der Waals surface area contributed by atoms with Crippen LogP contribution in [0.25, 0.3) is 0 Å². The minimum Gasteiger partial charge on any atom is -0.490 e. The van der Waals surface area contributed by atoms with Crippen LogP contribution < -0.4 is 15.0 Å². The molecule has 116 valence electrons. The summed E-state index contributed by atoms with van der Waals surface area (Å²) in [6, 6.07) is 0.630. The van der Waals surface area contributed by atoms with Crippen molar-refractivity contribution in [1.29, 1.82) is 0 Å². The van der Waals surface area contributed by atoms with Crippen LogP contribution in [0.3, 0.4) is 0 Å². The Hall–Kier alpha value is -1.52. The average molecular weight is 290 g/mol. The number of nitrogens with zero attached hydrogens (tertiary/aromatic N) is 3. The molecular weight excluding hydrogens is 264 g/mol. The van der Waals surface area contributed by atoms with E-state index < -0.39 is 0 Å². The molecule has 2 heterocycles. The van der Waals surface area contributed by atoms with E-state index in [9.17, 15) is 0 Å². The SMILES string of the molecule is CCNc1ncnc(N2CCC[C@H]3CCCC[C@H]32)c1OC. The van der Waals surface area contributed by atoms with Crippen LogP contribution in [0.4, 0.5) is 11.6 Å². The highest BCUT2D eigenvalue weighted by Crippen LogP contribution is 2.41. The summed E-state index contributed by atoms with van der Waals surface area (Å²) in [7, 11) is 1.71. The van der Waals surface area contributed by atoms with Gasteiger partial charge in [-0.25, -0.2) is 9.97 Å². The van der Waals surface area contributed by atoms with Crippen LogP contribution in [0.1, 0.15) is 45.4 Å². The van der Waals surface area contributed by atoms with E-state index in [-0.39, 0.29) is 0 Å². The molecule has 0 aromatic carbocycles. The van der Waals surface area contributed by atoms with Crippen molar-refractivity contribution in [3.05, 3.63) is 6.33 Å². The third-order valence-electron chi connectivity index (χ3n) is 4.85. The average Bonchev–Trinajstić information content (AvgIpc) is 2.54. The van der Waals surface area contributed by atoms with Crippen LogP contribution >= 0.6 is 0 Å². The molecule has 5 heteroatoms. The van der Waals surface area contributed by atoms with E-state index >= 15 is 0 Å². The summed E-state index contributed by atoms with van der Waals surface area (Å²) < 4.78 is 5.63. The van der Waals surface area contributed by atoms with Gasteiger partial charge in [0.05, 0.1) is 7.11 Å². The van der Waals surface area contributed by atoms with Crippen molar-refractivity contribution in [1.82, 2.24) is 9.97 Å². The van der Waals surface area contributed by atoms with Crippen molar-refractivity contribution in [3.8, 4) is 5.75 Å². The lowest BCUT2D eigenvalue weighted by molar-refractivity contribution is 0.241. The van der Waals surface area contributed by atoms with E-state index in [1.54, 1.807) is 13.4 Å². The zero-order valence-corrected chi connectivity index (χ0v) is 13.1. The van der Waals surface area contributed by atoms with Gasteiger partial charge in [-0.2, -0.15) is 0 Å². The first kappa shape index (κ1) is 14.4. The smallest absolute Gasteiger partial charge is 0.204 e. The number of piperidine rings is 1. The molecular formula is C16H26N4O. The lowest BCUT2D eigenvalue weighted by atomic mass is 9.78. The van der Waals surface area contributed by atoms with Crippen molar-refractivity contribution in [2.24, 2.45) is 5.92 Å². The molecule has 21 heavy (non-hydrogen) atoms. The quantitative estimate of drug-likeness (QED) is 0.923. The number of nitrogens with one attached hydrogen (secondary N) is 1. The second-order valence-electron chi connectivity index (χ2n) is 6.06. The number of ether oxygens (including phenoxy) is 1. The lowest BCUT2D eigenvalue weighted by Crippen LogP contribution is -2.47. The van der Waals surface area contributed by atoms with Gasteiger partial charge in [-0.15, -0.1) is 0 Å². The van der Waals surface area contributed by atoms with Crippen molar-refractivity contribution < 1.29 is 4.74 Å². The van der Waals surface area contributed by atoms with Gasteiger partial charge in [-0.05, 0) is 38.5 Å². The summed E-state index contributed by atoms with van der Waals surface area (Å²) >= 11 is 0. The van der Waals surface area contributed by atoms with Gasteiger partial charge < -0.3 is 15.0 Å². The van der Waals surface area contributed by atoms with Crippen LogP contribution in [0.5, 0.6) is 5.75 Å². The van der Waals surface area contributed by atoms with Crippen LogP contribution in [0.2, 0.25) is 0 Å². The van der Waals surface area contributed by atoms with Gasteiger partial charge in [0.2, 0.25) is 5.75 Å². The van der Waals surface area contributed by atoms with Gasteiger partial charge in [-0.1, -0.05) is 12.8 Å². The molecule has 0 spiro atoms. The number of fused-ring (bicyclic) bond motifs is 1. The molecule has 1 saturated heterocycles. The molecule has 0 amide bonds. The van der Waals surface area contributed by atoms with E-state index in [0.717, 1.165) is 36.4 Å². The largest absolute Gasteiger partial charge is 0.490 e. The minimum atomic E-state index is 0.630. The number of anilines is 2. The Labute approximate surface area is 127 Å². The van der Waals surface area contributed by atoms with Crippen molar-refractivity contribution in [3.63, 3.8) is 0 Å². The highest BCUT2D eigenvalue weighted by molar-refractivity contribution is 5.65. The molecule has 3 rings (SSSR count). The molecule has 0 bridgehead atoms. The van der Waals surface area contributed by atoms with Crippen molar-refractivity contribution in [2.45, 2.75) is 51.5 Å². The van der Waals surface area contributed by atoms with Gasteiger partial charge in [0.1, 0.15) is 6.33 Å². The fraction of sp³-hybridized carbons (Fsp3) is 0.750. The Bertz CT molecular complexity index is 477. The molecule has 0 radical (unpaired) electrons. The number of rotatable bonds is 4. The number of hydrogen-bond acceptors (Lipinski definition) is 5. The second kappa shape index (κ2) is 6.50. The first-order valence-electron chi connectivity index (χ1n) is 8.24. The number of methoxy groups -OCH3 is 1. The predicted octanol–water partition coefficient (Wildman–Crippen LogP) is 3.08. The van der Waals surface area contributed by atoms with E-state index in [4.69, 9.17) is 4.74 Å². The molecule has 1 aromatic rings. The highest BCUT2D eigenvalue weighted by atomic mass is 16.5. The van der Waals surface area contributed by atoms with Crippen molar-refractivity contribution >= 4 is 11.6 Å². The molecule has 1 aromatic heterocycles. The number of hydrogen-bond donors (Lipinski definition) is 1. The maximum Gasteiger partial charge on any atom is 0.204 e. The van der Waals surface area contributed by atoms with Crippen LogP contribution in [-0.4, -0.2) is 36.2 Å². The monoisotopic (exact) mass is 290 g/mol. The van der Waals surface area contributed by atoms with Crippen LogP contribution in [0, 0.1) is 5.92 Å². The topological polar surface area (TPSA) is 50.3 Å². The Morgan fingerprint density at radius 3 is 2.86 bits per heavy atom. The number of aromatic nitrogens is 2. The zero-order chi connectivity index (χ0) is 14.7. The summed E-state index contributed by atoms with van der Waals surface area (Å²) in [6.07, 6.45) is 9.66. The van der Waals surface area contributed by atoms with E-state index in [0.29, 0.717) is 6.04 Å². The summed E-state index contributed by atoms with van der Waals surface area (Å²) in [5, 5.41) is 3.28. The third-order valence-corrected chi connectivity index (χ3v) is 4.85. The molecule has 1 N–H and O–H groups in total. The molecule has 2 fully saturated rings. The molecule has 2 aliphatic rings. The van der Waals surface area contributed by atoms with E-state index in [2.05, 4.69) is 27.1 Å².